The van der Waals surface area contributed by atoms with Crippen LogP contribution in [0.2, 0.25) is 0 Å². The van der Waals surface area contributed by atoms with Crippen molar-refractivity contribution < 1.29 is 0 Å². The van der Waals surface area contributed by atoms with E-state index in [2.05, 4.69) is 35.4 Å². The van der Waals surface area contributed by atoms with Crippen molar-refractivity contribution in [1.82, 2.24) is 9.55 Å². The third-order valence-electron chi connectivity index (χ3n) is 3.09. The molecule has 0 fully saturated rings. The molecule has 0 aliphatic rings. The maximum atomic E-state index is 5.59. The Labute approximate surface area is 102 Å². The van der Waals surface area contributed by atoms with E-state index in [1.807, 2.05) is 17.9 Å². The minimum absolute atomic E-state index is 0.570. The first-order valence-electron chi connectivity index (χ1n) is 6.05. The van der Waals surface area contributed by atoms with Crippen LogP contribution in [0.3, 0.4) is 0 Å². The number of anilines is 1. The van der Waals surface area contributed by atoms with Crippen LogP contribution >= 0.6 is 0 Å². The summed E-state index contributed by atoms with van der Waals surface area (Å²) >= 11 is 0. The van der Waals surface area contributed by atoms with Gasteiger partial charge in [0.15, 0.2) is 0 Å². The van der Waals surface area contributed by atoms with Crippen molar-refractivity contribution in [2.75, 3.05) is 18.4 Å². The molecule has 0 saturated heterocycles. The summed E-state index contributed by atoms with van der Waals surface area (Å²) in [7, 11) is 2.01. The lowest BCUT2D eigenvalue weighted by atomic mass is 10.1. The van der Waals surface area contributed by atoms with E-state index in [4.69, 9.17) is 5.73 Å². The quantitative estimate of drug-likeness (QED) is 0.828. The fourth-order valence-corrected chi connectivity index (χ4v) is 1.83. The number of rotatable bonds is 5. The van der Waals surface area contributed by atoms with Crippen molar-refractivity contribution >= 4 is 16.7 Å². The average Bonchev–Trinajstić information content (AvgIpc) is 2.70. The molecule has 4 nitrogen and oxygen atoms in total. The number of nitrogens with one attached hydrogen (secondary N) is 1. The number of nitrogens with two attached hydrogens (primary N) is 1. The summed E-state index contributed by atoms with van der Waals surface area (Å²) in [6.45, 7) is 3.88. The Morgan fingerprint density at radius 2 is 2.29 bits per heavy atom. The minimum Gasteiger partial charge on any atom is -0.385 e. The Morgan fingerprint density at radius 1 is 1.47 bits per heavy atom. The summed E-state index contributed by atoms with van der Waals surface area (Å²) < 4.78 is 2.02. The van der Waals surface area contributed by atoms with Crippen molar-refractivity contribution in [3.05, 3.63) is 24.5 Å². The highest BCUT2D eigenvalue weighted by atomic mass is 15.0. The minimum atomic E-state index is 0.570. The highest BCUT2D eigenvalue weighted by Gasteiger charge is 2.02. The average molecular weight is 232 g/mol. The van der Waals surface area contributed by atoms with Gasteiger partial charge >= 0.3 is 0 Å². The molecule has 1 heterocycles. The zero-order valence-electron chi connectivity index (χ0n) is 10.5. The maximum absolute atomic E-state index is 5.59. The summed E-state index contributed by atoms with van der Waals surface area (Å²) in [5, 5.41) is 3.41. The Kier molecular flexibility index (Phi) is 3.64. The molecule has 1 unspecified atom stereocenters. The summed E-state index contributed by atoms with van der Waals surface area (Å²) in [6, 6.07) is 6.27. The summed E-state index contributed by atoms with van der Waals surface area (Å²) in [4.78, 5) is 4.34. The second-order valence-corrected chi connectivity index (χ2v) is 4.62. The molecule has 4 heteroatoms. The van der Waals surface area contributed by atoms with Crippen LogP contribution in [0.5, 0.6) is 0 Å². The standard InChI is InChI=1S/C13H20N4/c1-10(8-14)5-6-15-11-3-4-13-12(7-11)16-9-17(13)2/h3-4,7,9-10,15H,5-6,8,14H2,1-2H3. The van der Waals surface area contributed by atoms with Crippen molar-refractivity contribution in [2.45, 2.75) is 13.3 Å². The molecule has 0 amide bonds. The van der Waals surface area contributed by atoms with E-state index in [0.717, 1.165) is 36.2 Å². The highest BCUT2D eigenvalue weighted by molar-refractivity contribution is 5.79. The van der Waals surface area contributed by atoms with Gasteiger partial charge in [-0.2, -0.15) is 0 Å². The van der Waals surface area contributed by atoms with Gasteiger partial charge in [0.05, 0.1) is 17.4 Å². The zero-order valence-corrected chi connectivity index (χ0v) is 10.5. The molecular formula is C13H20N4. The molecule has 2 rings (SSSR count). The highest BCUT2D eigenvalue weighted by Crippen LogP contribution is 2.17. The fourth-order valence-electron chi connectivity index (χ4n) is 1.83. The first-order chi connectivity index (χ1) is 8.20. The van der Waals surface area contributed by atoms with E-state index >= 15 is 0 Å². The van der Waals surface area contributed by atoms with Crippen molar-refractivity contribution in [3.63, 3.8) is 0 Å². The van der Waals surface area contributed by atoms with Crippen LogP contribution < -0.4 is 11.1 Å². The van der Waals surface area contributed by atoms with E-state index in [9.17, 15) is 0 Å². The molecule has 0 saturated carbocycles. The molecule has 92 valence electrons. The molecule has 3 N–H and O–H groups in total. The number of aryl methyl sites for hydroxylation is 1. The predicted molar refractivity (Wildman–Crippen MR) is 72.0 cm³/mol. The first-order valence-corrected chi connectivity index (χ1v) is 6.05. The Morgan fingerprint density at radius 3 is 3.06 bits per heavy atom. The molecule has 0 bridgehead atoms. The fraction of sp³-hybridized carbons (Fsp3) is 0.462. The number of aromatic nitrogens is 2. The molecule has 1 aromatic carbocycles. The molecular weight excluding hydrogens is 212 g/mol. The number of hydrogen-bond acceptors (Lipinski definition) is 3. The van der Waals surface area contributed by atoms with Gasteiger partial charge < -0.3 is 15.6 Å². The Balaban J connectivity index is 1.99. The van der Waals surface area contributed by atoms with Gasteiger partial charge in [-0.25, -0.2) is 4.98 Å². The largest absolute Gasteiger partial charge is 0.385 e. The molecule has 1 aromatic heterocycles. The van der Waals surface area contributed by atoms with Gasteiger partial charge in [0.25, 0.3) is 0 Å². The number of benzene rings is 1. The molecule has 0 radical (unpaired) electrons. The number of hydrogen-bond donors (Lipinski definition) is 2. The van der Waals surface area contributed by atoms with Crippen LogP contribution in [0.25, 0.3) is 11.0 Å². The Bertz CT molecular complexity index is 489. The number of fused-ring (bicyclic) bond motifs is 1. The van der Waals surface area contributed by atoms with E-state index in [1.54, 1.807) is 0 Å². The van der Waals surface area contributed by atoms with E-state index < -0.39 is 0 Å². The second-order valence-electron chi connectivity index (χ2n) is 4.62. The smallest absolute Gasteiger partial charge is 0.0955 e. The summed E-state index contributed by atoms with van der Waals surface area (Å²) in [5.74, 6) is 0.570. The SMILES string of the molecule is CC(CN)CCNc1ccc2c(c1)ncn2C. The normalized spacial score (nSPS) is 12.9. The van der Waals surface area contributed by atoms with Gasteiger partial charge in [0.1, 0.15) is 0 Å². The van der Waals surface area contributed by atoms with Crippen LogP contribution in [0.4, 0.5) is 5.69 Å². The molecule has 1 atom stereocenters. The van der Waals surface area contributed by atoms with Crippen LogP contribution in [-0.4, -0.2) is 22.6 Å². The molecule has 0 spiro atoms. The molecule has 2 aromatic rings. The Hall–Kier alpha value is -1.55. The van der Waals surface area contributed by atoms with Crippen LogP contribution in [0.1, 0.15) is 13.3 Å². The first kappa shape index (κ1) is 11.9. The monoisotopic (exact) mass is 232 g/mol. The van der Waals surface area contributed by atoms with E-state index in [-0.39, 0.29) is 0 Å². The topological polar surface area (TPSA) is 55.9 Å². The van der Waals surface area contributed by atoms with Crippen molar-refractivity contribution in [3.8, 4) is 0 Å². The lowest BCUT2D eigenvalue weighted by Crippen LogP contribution is -2.14. The zero-order chi connectivity index (χ0) is 12.3. The van der Waals surface area contributed by atoms with Gasteiger partial charge in [0, 0.05) is 19.3 Å². The second kappa shape index (κ2) is 5.19. The van der Waals surface area contributed by atoms with Crippen LogP contribution in [0, 0.1) is 5.92 Å². The van der Waals surface area contributed by atoms with Crippen molar-refractivity contribution in [2.24, 2.45) is 18.7 Å². The maximum Gasteiger partial charge on any atom is 0.0955 e. The molecule has 0 aliphatic carbocycles. The lowest BCUT2D eigenvalue weighted by molar-refractivity contribution is 0.561. The van der Waals surface area contributed by atoms with E-state index in [0.29, 0.717) is 5.92 Å². The predicted octanol–water partition coefficient (Wildman–Crippen LogP) is 1.97. The van der Waals surface area contributed by atoms with Crippen LogP contribution in [-0.2, 0) is 7.05 Å². The van der Waals surface area contributed by atoms with Gasteiger partial charge in [-0.05, 0) is 37.1 Å². The third-order valence-corrected chi connectivity index (χ3v) is 3.09. The number of nitrogens with zero attached hydrogens (tertiary/aromatic N) is 2. The lowest BCUT2D eigenvalue weighted by Gasteiger charge is -2.10. The molecule has 17 heavy (non-hydrogen) atoms. The molecule has 0 aliphatic heterocycles. The number of imidazole rings is 1. The van der Waals surface area contributed by atoms with E-state index in [1.165, 1.54) is 0 Å². The van der Waals surface area contributed by atoms with Crippen LogP contribution in [0.15, 0.2) is 24.5 Å². The van der Waals surface area contributed by atoms with Gasteiger partial charge in [-0.15, -0.1) is 0 Å². The third kappa shape index (κ3) is 2.77. The summed E-state index contributed by atoms with van der Waals surface area (Å²) in [5.41, 5.74) is 8.90. The van der Waals surface area contributed by atoms with Crippen molar-refractivity contribution in [1.29, 1.82) is 0 Å². The van der Waals surface area contributed by atoms with Gasteiger partial charge in [-0.1, -0.05) is 6.92 Å². The summed E-state index contributed by atoms with van der Waals surface area (Å²) in [6.07, 6.45) is 2.93. The van der Waals surface area contributed by atoms with Gasteiger partial charge in [0.2, 0.25) is 0 Å². The van der Waals surface area contributed by atoms with Gasteiger partial charge in [-0.3, -0.25) is 0 Å².